The molecule has 0 unspecified atom stereocenters. The zero-order chi connectivity index (χ0) is 21.6. The molecule has 3 aromatic heterocycles. The van der Waals surface area contributed by atoms with Crippen molar-refractivity contribution in [3.63, 3.8) is 0 Å². The Kier molecular flexibility index (Phi) is 4.80. The van der Waals surface area contributed by atoms with Crippen molar-refractivity contribution in [1.29, 1.82) is 0 Å². The summed E-state index contributed by atoms with van der Waals surface area (Å²) in [6, 6.07) is 3.59. The number of amides is 1. The molecule has 1 aliphatic carbocycles. The number of ether oxygens (including phenoxy) is 1. The molecule has 2 fully saturated rings. The van der Waals surface area contributed by atoms with Crippen molar-refractivity contribution in [2.45, 2.75) is 6.18 Å². The van der Waals surface area contributed by atoms with Crippen LogP contribution in [0.15, 0.2) is 36.1 Å². The Balaban J connectivity index is 1.14. The Labute approximate surface area is 178 Å². The van der Waals surface area contributed by atoms with Crippen LogP contribution < -0.4 is 4.74 Å². The molecule has 3 atom stereocenters. The topological polar surface area (TPSA) is 94.0 Å². The van der Waals surface area contributed by atoms with E-state index < -0.39 is 11.9 Å². The Morgan fingerprint density at radius 2 is 2.00 bits per heavy atom. The van der Waals surface area contributed by atoms with Crippen molar-refractivity contribution in [3.8, 4) is 16.6 Å². The highest BCUT2D eigenvalue weighted by atomic mass is 32.1. The highest BCUT2D eigenvalue weighted by Gasteiger charge is 2.57. The monoisotopic (exact) mass is 448 g/mol. The van der Waals surface area contributed by atoms with Crippen molar-refractivity contribution >= 4 is 17.2 Å². The maximum absolute atomic E-state index is 12.7. The van der Waals surface area contributed by atoms with E-state index in [1.54, 1.807) is 10.4 Å². The minimum atomic E-state index is -4.51. The predicted molar refractivity (Wildman–Crippen MR) is 102 cm³/mol. The smallest absolute Gasteiger partial charge is 0.433 e. The lowest BCUT2D eigenvalue weighted by molar-refractivity contribution is -0.141. The van der Waals surface area contributed by atoms with Gasteiger partial charge in [0, 0.05) is 25.1 Å². The molecule has 1 saturated heterocycles. The van der Waals surface area contributed by atoms with Crippen molar-refractivity contribution in [3.05, 3.63) is 47.5 Å². The maximum Gasteiger partial charge on any atom is 0.433 e. The quantitative estimate of drug-likeness (QED) is 0.592. The summed E-state index contributed by atoms with van der Waals surface area (Å²) in [7, 11) is 0. The SMILES string of the molecule is O=C(c1cnc(-c2nncs2)cn1)N1C[C@@H]2[C@@H](COc3cccc(C(F)(F)F)n3)[C@@H]2C1. The number of carbonyl (C=O) groups is 1. The number of alkyl halides is 3. The van der Waals surface area contributed by atoms with Crippen LogP contribution in [0.3, 0.4) is 0 Å². The van der Waals surface area contributed by atoms with Gasteiger partial charge in [0.1, 0.15) is 22.6 Å². The molecule has 160 valence electrons. The fraction of sp³-hybridized carbons (Fsp3) is 0.368. The average Bonchev–Trinajstić information content (AvgIpc) is 3.15. The molecule has 1 amide bonds. The number of nitrogens with zero attached hydrogens (tertiary/aromatic N) is 6. The van der Waals surface area contributed by atoms with E-state index in [1.165, 1.54) is 35.9 Å². The molecule has 3 aromatic rings. The average molecular weight is 448 g/mol. The number of piperidine rings is 1. The van der Waals surface area contributed by atoms with Crippen LogP contribution >= 0.6 is 11.3 Å². The van der Waals surface area contributed by atoms with Crippen LogP contribution in [0.5, 0.6) is 5.88 Å². The largest absolute Gasteiger partial charge is 0.477 e. The van der Waals surface area contributed by atoms with E-state index in [9.17, 15) is 18.0 Å². The van der Waals surface area contributed by atoms with Gasteiger partial charge in [-0.15, -0.1) is 10.2 Å². The minimum Gasteiger partial charge on any atom is -0.477 e. The number of likely N-dealkylation sites (tertiary alicyclic amines) is 1. The molecule has 12 heteroatoms. The molecule has 0 spiro atoms. The number of halogens is 3. The van der Waals surface area contributed by atoms with Gasteiger partial charge in [-0.2, -0.15) is 13.2 Å². The predicted octanol–water partition coefficient (Wildman–Crippen LogP) is 2.81. The van der Waals surface area contributed by atoms with Crippen LogP contribution in [0.2, 0.25) is 0 Å². The summed E-state index contributed by atoms with van der Waals surface area (Å²) in [4.78, 5) is 26.4. The molecular weight excluding hydrogens is 433 g/mol. The second-order valence-corrected chi connectivity index (χ2v) is 8.24. The lowest BCUT2D eigenvalue weighted by atomic mass is 10.2. The molecule has 0 bridgehead atoms. The summed E-state index contributed by atoms with van der Waals surface area (Å²) in [6.45, 7) is 1.41. The molecule has 8 nitrogen and oxygen atoms in total. The Morgan fingerprint density at radius 3 is 2.65 bits per heavy atom. The van der Waals surface area contributed by atoms with Gasteiger partial charge in [0.25, 0.3) is 5.91 Å². The fourth-order valence-electron chi connectivity index (χ4n) is 3.89. The van der Waals surface area contributed by atoms with E-state index in [0.29, 0.717) is 23.8 Å². The first-order chi connectivity index (χ1) is 14.9. The highest BCUT2D eigenvalue weighted by molar-refractivity contribution is 7.12. The fourth-order valence-corrected chi connectivity index (χ4v) is 4.41. The normalized spacial score (nSPS) is 22.3. The standard InChI is InChI=1S/C19H15F3N6O2S/c20-19(21,22)15-2-1-3-16(26-15)30-8-12-10-6-28(7-11(10)12)18(29)14-5-23-13(4-24-14)17-27-25-9-31-17/h1-5,9-12H,6-8H2/t10-,11+,12+. The van der Waals surface area contributed by atoms with E-state index >= 15 is 0 Å². The van der Waals surface area contributed by atoms with Crippen LogP contribution in [-0.4, -0.2) is 55.7 Å². The van der Waals surface area contributed by atoms with Crippen LogP contribution in [-0.2, 0) is 6.18 Å². The lowest BCUT2D eigenvalue weighted by Crippen LogP contribution is -2.33. The second-order valence-electron chi connectivity index (χ2n) is 7.40. The summed E-state index contributed by atoms with van der Waals surface area (Å²) in [5.74, 6) is 0.499. The third-order valence-electron chi connectivity index (χ3n) is 5.55. The molecule has 2 aliphatic rings. The number of hydrogen-bond donors (Lipinski definition) is 0. The van der Waals surface area contributed by atoms with Gasteiger partial charge in [-0.05, 0) is 17.9 Å². The second kappa shape index (κ2) is 7.52. The van der Waals surface area contributed by atoms with Gasteiger partial charge in [0.15, 0.2) is 5.01 Å². The van der Waals surface area contributed by atoms with Gasteiger partial charge in [0.05, 0.1) is 19.0 Å². The van der Waals surface area contributed by atoms with Gasteiger partial charge < -0.3 is 9.64 Å². The lowest BCUT2D eigenvalue weighted by Gasteiger charge is -2.19. The molecular formula is C19H15F3N6O2S. The molecule has 0 N–H and O–H groups in total. The molecule has 1 aliphatic heterocycles. The zero-order valence-corrected chi connectivity index (χ0v) is 16.7. The number of aromatic nitrogens is 5. The van der Waals surface area contributed by atoms with Crippen molar-refractivity contribution in [2.24, 2.45) is 17.8 Å². The molecule has 1 saturated carbocycles. The molecule has 4 heterocycles. The summed E-state index contributed by atoms with van der Waals surface area (Å²) < 4.78 is 43.7. The number of fused-ring (bicyclic) bond motifs is 1. The Bertz CT molecular complexity index is 1080. The summed E-state index contributed by atoms with van der Waals surface area (Å²) in [5.41, 5.74) is 1.44. The van der Waals surface area contributed by atoms with Gasteiger partial charge >= 0.3 is 6.18 Å². The maximum atomic E-state index is 12.7. The van der Waals surface area contributed by atoms with Crippen molar-refractivity contribution in [1.82, 2.24) is 30.0 Å². The molecule has 0 radical (unpaired) electrons. The Morgan fingerprint density at radius 1 is 1.19 bits per heavy atom. The number of hydrogen-bond acceptors (Lipinski definition) is 8. The van der Waals surface area contributed by atoms with E-state index in [4.69, 9.17) is 4.74 Å². The number of rotatable bonds is 5. The highest BCUT2D eigenvalue weighted by Crippen LogP contribution is 2.51. The Hall–Kier alpha value is -3.15. The first-order valence-corrected chi connectivity index (χ1v) is 10.3. The van der Waals surface area contributed by atoms with E-state index in [2.05, 4.69) is 25.1 Å². The third-order valence-corrected chi connectivity index (χ3v) is 6.26. The van der Waals surface area contributed by atoms with E-state index in [1.807, 2.05) is 0 Å². The summed E-state index contributed by atoms with van der Waals surface area (Å²) >= 11 is 1.33. The number of pyridine rings is 1. The van der Waals surface area contributed by atoms with Gasteiger partial charge in [-0.25, -0.2) is 15.0 Å². The van der Waals surface area contributed by atoms with Gasteiger partial charge in [-0.3, -0.25) is 4.79 Å². The van der Waals surface area contributed by atoms with Gasteiger partial charge in [-0.1, -0.05) is 17.4 Å². The molecule has 31 heavy (non-hydrogen) atoms. The molecule has 0 aromatic carbocycles. The van der Waals surface area contributed by atoms with Gasteiger partial charge in [0.2, 0.25) is 5.88 Å². The number of carbonyl (C=O) groups excluding carboxylic acids is 1. The summed E-state index contributed by atoms with van der Waals surface area (Å²) in [5, 5.41) is 8.30. The van der Waals surface area contributed by atoms with Crippen LogP contribution in [0, 0.1) is 17.8 Å². The van der Waals surface area contributed by atoms with E-state index in [-0.39, 0.29) is 41.8 Å². The minimum absolute atomic E-state index is 0.0430. The van der Waals surface area contributed by atoms with Crippen molar-refractivity contribution < 1.29 is 22.7 Å². The van der Waals surface area contributed by atoms with Crippen LogP contribution in [0.1, 0.15) is 16.2 Å². The van der Waals surface area contributed by atoms with E-state index in [0.717, 1.165) is 6.07 Å². The third kappa shape index (κ3) is 3.94. The summed E-state index contributed by atoms with van der Waals surface area (Å²) in [6.07, 6.45) is -1.57. The first kappa shape index (κ1) is 19.8. The van der Waals surface area contributed by atoms with Crippen molar-refractivity contribution in [2.75, 3.05) is 19.7 Å². The first-order valence-electron chi connectivity index (χ1n) is 9.45. The van der Waals surface area contributed by atoms with Crippen LogP contribution in [0.25, 0.3) is 10.7 Å². The zero-order valence-electron chi connectivity index (χ0n) is 15.9. The molecule has 5 rings (SSSR count). The van der Waals surface area contributed by atoms with Crippen LogP contribution in [0.4, 0.5) is 13.2 Å².